The van der Waals surface area contributed by atoms with Gasteiger partial charge < -0.3 is 5.11 Å². The summed E-state index contributed by atoms with van der Waals surface area (Å²) in [6, 6.07) is 11.6. The fourth-order valence-electron chi connectivity index (χ4n) is 3.67. The number of hydrogen-bond acceptors (Lipinski definition) is 7. The van der Waals surface area contributed by atoms with Gasteiger partial charge in [-0.2, -0.15) is 0 Å². The number of benzene rings is 1. The van der Waals surface area contributed by atoms with E-state index in [1.807, 2.05) is 25.1 Å². The normalized spacial score (nSPS) is 18.1. The molecule has 1 fully saturated rings. The molecule has 152 valence electrons. The number of rotatable bonds is 3. The summed E-state index contributed by atoms with van der Waals surface area (Å²) in [6.45, 7) is 1.98. The number of aliphatic hydroxyl groups excluding tert-OH is 1. The van der Waals surface area contributed by atoms with Gasteiger partial charge in [-0.15, -0.1) is 0 Å². The van der Waals surface area contributed by atoms with Crippen molar-refractivity contribution in [3.8, 4) is 0 Å². The zero-order valence-corrected chi connectivity index (χ0v) is 17.2. The highest BCUT2D eigenvalue weighted by molar-refractivity contribution is 7.22. The lowest BCUT2D eigenvalue weighted by Gasteiger charge is -2.22. The fourth-order valence-corrected chi connectivity index (χ4v) is 4.76. The number of pyridine rings is 2. The van der Waals surface area contributed by atoms with Crippen LogP contribution in [0.25, 0.3) is 16.0 Å². The van der Waals surface area contributed by atoms with Gasteiger partial charge in [0, 0.05) is 30.4 Å². The van der Waals surface area contributed by atoms with Crippen molar-refractivity contribution in [2.45, 2.75) is 13.0 Å². The Hall–Kier alpha value is -3.91. The van der Waals surface area contributed by atoms with Gasteiger partial charge >= 0.3 is 5.91 Å². The van der Waals surface area contributed by atoms with Crippen molar-refractivity contribution >= 4 is 44.1 Å². The second-order valence-corrected chi connectivity index (χ2v) is 8.17. The molecule has 0 aliphatic carbocycles. The lowest BCUT2D eigenvalue weighted by atomic mass is 9.97. The molecule has 1 aromatic carbocycles. The highest BCUT2D eigenvalue weighted by Gasteiger charge is 2.48. The molecule has 1 N–H and O–H groups in total. The molecular formula is C23H16N4O3S. The molecular weight excluding hydrogens is 412 g/mol. The van der Waals surface area contributed by atoms with E-state index in [9.17, 15) is 14.7 Å². The third-order valence-corrected chi connectivity index (χ3v) is 6.15. The molecule has 1 amide bonds. The summed E-state index contributed by atoms with van der Waals surface area (Å²) in [5.41, 5.74) is 2.83. The predicted molar refractivity (Wildman–Crippen MR) is 118 cm³/mol. The first-order valence-electron chi connectivity index (χ1n) is 9.53. The van der Waals surface area contributed by atoms with E-state index in [0.717, 1.165) is 15.8 Å². The highest BCUT2D eigenvalue weighted by Crippen LogP contribution is 2.44. The van der Waals surface area contributed by atoms with Crippen LogP contribution in [0.5, 0.6) is 0 Å². The van der Waals surface area contributed by atoms with Crippen LogP contribution >= 0.6 is 11.3 Å². The van der Waals surface area contributed by atoms with Gasteiger partial charge in [0.15, 0.2) is 5.13 Å². The average molecular weight is 428 g/mol. The van der Waals surface area contributed by atoms with Crippen LogP contribution in [0.3, 0.4) is 0 Å². The Morgan fingerprint density at radius 2 is 1.87 bits per heavy atom. The maximum absolute atomic E-state index is 13.1. The molecule has 1 saturated heterocycles. The molecule has 0 bridgehead atoms. The van der Waals surface area contributed by atoms with E-state index in [1.165, 1.54) is 28.6 Å². The molecule has 1 aliphatic rings. The van der Waals surface area contributed by atoms with Crippen LogP contribution in [-0.4, -0.2) is 31.7 Å². The summed E-state index contributed by atoms with van der Waals surface area (Å²) >= 11 is 1.33. The fraction of sp³-hybridized carbons (Fsp3) is 0.0870. The van der Waals surface area contributed by atoms with E-state index in [2.05, 4.69) is 15.0 Å². The van der Waals surface area contributed by atoms with E-state index in [0.29, 0.717) is 16.3 Å². The first-order chi connectivity index (χ1) is 15.0. The van der Waals surface area contributed by atoms with Crippen LogP contribution < -0.4 is 4.90 Å². The summed E-state index contributed by atoms with van der Waals surface area (Å²) in [6.07, 6.45) is 6.22. The van der Waals surface area contributed by atoms with Crippen LogP contribution in [-0.2, 0) is 9.59 Å². The number of nitrogens with zero attached hydrogens (tertiary/aromatic N) is 4. The summed E-state index contributed by atoms with van der Waals surface area (Å²) in [5.74, 6) is -1.76. The number of amides is 1. The standard InChI is InChI=1S/C23H16N4O3S/c1-13-4-5-16-17(11-13)31-23(26-16)27-19(15-3-2-8-25-12-15)18(21(29)22(27)30)20(28)14-6-9-24-10-7-14/h2-12,19,28H,1H3/b20-18+. The van der Waals surface area contributed by atoms with Crippen molar-refractivity contribution in [2.75, 3.05) is 4.90 Å². The number of ketones is 1. The third kappa shape index (κ3) is 3.17. The first kappa shape index (κ1) is 19.1. The van der Waals surface area contributed by atoms with Gasteiger partial charge in [0.05, 0.1) is 21.8 Å². The van der Waals surface area contributed by atoms with Crippen LogP contribution in [0.1, 0.15) is 22.7 Å². The Labute approximate surface area is 181 Å². The number of hydrogen-bond donors (Lipinski definition) is 1. The number of thiazole rings is 1. The van der Waals surface area contributed by atoms with E-state index in [-0.39, 0.29) is 11.3 Å². The van der Waals surface area contributed by atoms with Gasteiger partial charge in [0.25, 0.3) is 5.78 Å². The van der Waals surface area contributed by atoms with Crippen molar-refractivity contribution in [1.29, 1.82) is 0 Å². The summed E-state index contributed by atoms with van der Waals surface area (Å²) in [7, 11) is 0. The zero-order valence-electron chi connectivity index (χ0n) is 16.4. The topological polar surface area (TPSA) is 96.3 Å². The monoisotopic (exact) mass is 428 g/mol. The zero-order chi connectivity index (χ0) is 21.5. The number of aromatic nitrogens is 3. The van der Waals surface area contributed by atoms with Crippen LogP contribution in [0.2, 0.25) is 0 Å². The summed E-state index contributed by atoms with van der Waals surface area (Å²) in [4.78, 5) is 40.3. The van der Waals surface area contributed by atoms with Crippen molar-refractivity contribution in [3.05, 3.63) is 89.5 Å². The molecule has 0 radical (unpaired) electrons. The molecule has 7 nitrogen and oxygen atoms in total. The summed E-state index contributed by atoms with van der Waals surface area (Å²) < 4.78 is 0.913. The Morgan fingerprint density at radius 3 is 2.61 bits per heavy atom. The second-order valence-electron chi connectivity index (χ2n) is 7.16. The van der Waals surface area contributed by atoms with Crippen molar-refractivity contribution < 1.29 is 14.7 Å². The maximum Gasteiger partial charge on any atom is 0.301 e. The molecule has 3 aromatic heterocycles. The lowest BCUT2D eigenvalue weighted by Crippen LogP contribution is -2.29. The van der Waals surface area contributed by atoms with Crippen LogP contribution in [0.4, 0.5) is 5.13 Å². The number of anilines is 1. The molecule has 1 aliphatic heterocycles. The lowest BCUT2D eigenvalue weighted by molar-refractivity contribution is -0.132. The van der Waals surface area contributed by atoms with Crippen molar-refractivity contribution in [2.24, 2.45) is 0 Å². The van der Waals surface area contributed by atoms with Gasteiger partial charge in [0.1, 0.15) is 5.76 Å². The van der Waals surface area contributed by atoms with E-state index < -0.39 is 17.7 Å². The molecule has 31 heavy (non-hydrogen) atoms. The Bertz CT molecular complexity index is 1350. The van der Waals surface area contributed by atoms with Gasteiger partial charge in [-0.05, 0) is 48.4 Å². The number of carbonyl (C=O) groups is 2. The minimum Gasteiger partial charge on any atom is -0.507 e. The molecule has 0 saturated carbocycles. The van der Waals surface area contributed by atoms with Gasteiger partial charge in [-0.3, -0.25) is 24.5 Å². The average Bonchev–Trinajstić information content (AvgIpc) is 3.32. The molecule has 4 heterocycles. The van der Waals surface area contributed by atoms with Crippen LogP contribution in [0, 0.1) is 6.92 Å². The Kier molecular flexibility index (Phi) is 4.56. The minimum absolute atomic E-state index is 0.000336. The minimum atomic E-state index is -0.844. The Morgan fingerprint density at radius 1 is 1.06 bits per heavy atom. The number of fused-ring (bicyclic) bond motifs is 1. The predicted octanol–water partition coefficient (Wildman–Crippen LogP) is 4.02. The summed E-state index contributed by atoms with van der Waals surface area (Å²) in [5, 5.41) is 11.4. The maximum atomic E-state index is 13.1. The quantitative estimate of drug-likeness (QED) is 0.301. The van der Waals surface area contributed by atoms with Gasteiger partial charge in [0.2, 0.25) is 0 Å². The first-order valence-corrected chi connectivity index (χ1v) is 10.3. The molecule has 4 aromatic rings. The number of aryl methyl sites for hydroxylation is 1. The van der Waals surface area contributed by atoms with Crippen LogP contribution in [0.15, 0.2) is 72.8 Å². The third-order valence-electron chi connectivity index (χ3n) is 5.14. The molecule has 1 atom stereocenters. The second kappa shape index (κ2) is 7.41. The van der Waals surface area contributed by atoms with Crippen molar-refractivity contribution in [1.82, 2.24) is 15.0 Å². The molecule has 5 rings (SSSR count). The molecule has 0 spiro atoms. The van der Waals surface area contributed by atoms with Crippen molar-refractivity contribution in [3.63, 3.8) is 0 Å². The van der Waals surface area contributed by atoms with E-state index in [4.69, 9.17) is 0 Å². The molecule has 1 unspecified atom stereocenters. The number of aliphatic hydroxyl groups is 1. The number of carbonyl (C=O) groups excluding carboxylic acids is 2. The largest absolute Gasteiger partial charge is 0.507 e. The Balaban J connectivity index is 1.73. The smallest absolute Gasteiger partial charge is 0.301 e. The number of Topliss-reactive ketones (excluding diaryl/α,β-unsaturated/α-hetero) is 1. The molecule has 8 heteroatoms. The van der Waals surface area contributed by atoms with Gasteiger partial charge in [-0.25, -0.2) is 4.98 Å². The highest BCUT2D eigenvalue weighted by atomic mass is 32.1. The van der Waals surface area contributed by atoms with E-state index in [1.54, 1.807) is 36.7 Å². The SMILES string of the molecule is Cc1ccc2nc(N3C(=O)C(=O)/C(=C(/O)c4ccncc4)C3c3cccnc3)sc2c1. The van der Waals surface area contributed by atoms with E-state index >= 15 is 0 Å². The van der Waals surface area contributed by atoms with Gasteiger partial charge in [-0.1, -0.05) is 23.5 Å².